The Balaban J connectivity index is 2.05. The summed E-state index contributed by atoms with van der Waals surface area (Å²) in [4.78, 5) is 17.6. The molecule has 1 saturated carbocycles. The van der Waals surface area contributed by atoms with Crippen LogP contribution in [-0.4, -0.2) is 22.8 Å². The largest absolute Gasteiger partial charge is 0.391 e. The van der Waals surface area contributed by atoms with Gasteiger partial charge in [-0.25, -0.2) is 4.98 Å². The van der Waals surface area contributed by atoms with E-state index >= 15 is 0 Å². The third kappa shape index (κ3) is 3.98. The topological polar surface area (TPSA) is 46.9 Å². The molecular weight excluding hydrogens is 379 g/mol. The Kier molecular flexibility index (Phi) is 5.51. The second kappa shape index (κ2) is 7.54. The Labute approximate surface area is 160 Å². The first-order valence-corrected chi connectivity index (χ1v) is 9.24. The van der Waals surface area contributed by atoms with E-state index in [1.165, 1.54) is 4.57 Å². The van der Waals surface area contributed by atoms with Crippen LogP contribution in [0.15, 0.2) is 29.1 Å². The van der Waals surface area contributed by atoms with Crippen LogP contribution in [0, 0.1) is 12.8 Å². The summed E-state index contributed by atoms with van der Waals surface area (Å²) < 4.78 is 40.5. The van der Waals surface area contributed by atoms with Crippen LogP contribution < -0.4 is 10.9 Å². The molecule has 1 aliphatic rings. The molecule has 1 N–H and O–H groups in total. The van der Waals surface area contributed by atoms with Crippen molar-refractivity contribution in [3.63, 3.8) is 0 Å². The van der Waals surface area contributed by atoms with Gasteiger partial charge in [0.25, 0.3) is 5.56 Å². The third-order valence-corrected chi connectivity index (χ3v) is 5.46. The summed E-state index contributed by atoms with van der Waals surface area (Å²) in [7, 11) is 1.67. The van der Waals surface area contributed by atoms with Gasteiger partial charge in [0, 0.05) is 18.0 Å². The molecule has 0 atom stereocenters. The van der Waals surface area contributed by atoms with Crippen molar-refractivity contribution < 1.29 is 13.2 Å². The van der Waals surface area contributed by atoms with E-state index < -0.39 is 12.1 Å². The monoisotopic (exact) mass is 399 g/mol. The number of alkyl halides is 3. The van der Waals surface area contributed by atoms with E-state index in [1.807, 2.05) is 0 Å². The average molecular weight is 400 g/mol. The predicted octanol–water partition coefficient (Wildman–Crippen LogP) is 5.07. The van der Waals surface area contributed by atoms with Gasteiger partial charge in [-0.3, -0.25) is 9.36 Å². The van der Waals surface area contributed by atoms with Crippen LogP contribution in [0.5, 0.6) is 0 Å². The fourth-order valence-corrected chi connectivity index (χ4v) is 3.78. The molecule has 3 rings (SSSR count). The van der Waals surface area contributed by atoms with Crippen molar-refractivity contribution in [3.05, 3.63) is 51.0 Å². The summed E-state index contributed by atoms with van der Waals surface area (Å²) >= 11 is 5.95. The first-order chi connectivity index (χ1) is 12.7. The molecular formula is C19H21ClF3N3O. The maximum atomic E-state index is 13.0. The molecule has 8 heteroatoms. The molecule has 1 aliphatic carbocycles. The van der Waals surface area contributed by atoms with Gasteiger partial charge in [0.1, 0.15) is 11.6 Å². The van der Waals surface area contributed by atoms with Crippen LogP contribution in [0.1, 0.15) is 43.0 Å². The van der Waals surface area contributed by atoms with Crippen molar-refractivity contribution in [2.75, 3.05) is 12.4 Å². The third-order valence-electron chi connectivity index (χ3n) is 5.21. The fraction of sp³-hybridized carbons (Fsp3) is 0.474. The number of hydrogen-bond acceptors (Lipinski definition) is 3. The molecule has 0 unspecified atom stereocenters. The standard InChI is InChI=1S/C19H21ClF3N3O/c1-11-16(24-2)25-17(12-3-5-13(6-4-12)19(21,22)23)26(18(11)27)15-9-7-14(20)8-10-15/h7-10,12-13,24H,3-6H2,1-2H3/t12-,13+. The summed E-state index contributed by atoms with van der Waals surface area (Å²) in [6.07, 6.45) is -3.38. The Morgan fingerprint density at radius 2 is 1.74 bits per heavy atom. The molecule has 0 aliphatic heterocycles. The summed E-state index contributed by atoms with van der Waals surface area (Å²) in [5, 5.41) is 3.45. The molecule has 1 heterocycles. The smallest absolute Gasteiger partial charge is 0.373 e. The molecule has 27 heavy (non-hydrogen) atoms. The van der Waals surface area contributed by atoms with Crippen LogP contribution in [0.4, 0.5) is 19.0 Å². The van der Waals surface area contributed by atoms with E-state index in [-0.39, 0.29) is 24.3 Å². The van der Waals surface area contributed by atoms with Crippen molar-refractivity contribution in [2.24, 2.45) is 5.92 Å². The molecule has 1 fully saturated rings. The number of rotatable bonds is 3. The van der Waals surface area contributed by atoms with E-state index in [9.17, 15) is 18.0 Å². The quantitative estimate of drug-likeness (QED) is 0.783. The lowest BCUT2D eigenvalue weighted by molar-refractivity contribution is -0.182. The summed E-state index contributed by atoms with van der Waals surface area (Å²) in [5.74, 6) is -0.533. The molecule has 0 saturated heterocycles. The van der Waals surface area contributed by atoms with Gasteiger partial charge in [0.2, 0.25) is 0 Å². The molecule has 0 spiro atoms. The number of benzene rings is 1. The Morgan fingerprint density at radius 1 is 1.15 bits per heavy atom. The molecule has 2 aromatic rings. The van der Waals surface area contributed by atoms with Gasteiger partial charge in [-0.15, -0.1) is 0 Å². The summed E-state index contributed by atoms with van der Waals surface area (Å²) in [5.41, 5.74) is 0.834. The minimum Gasteiger partial charge on any atom is -0.373 e. The SMILES string of the molecule is CNc1nc([C@H]2CC[C@@H](C(F)(F)F)CC2)n(-c2ccc(Cl)cc2)c(=O)c1C. The molecule has 146 valence electrons. The van der Waals surface area contributed by atoms with Crippen molar-refractivity contribution in [3.8, 4) is 5.69 Å². The van der Waals surface area contributed by atoms with Crippen LogP contribution in [0.3, 0.4) is 0 Å². The number of anilines is 1. The normalized spacial score (nSPS) is 20.5. The highest BCUT2D eigenvalue weighted by molar-refractivity contribution is 6.30. The second-order valence-electron chi connectivity index (χ2n) is 6.90. The van der Waals surface area contributed by atoms with Crippen molar-refractivity contribution in [1.29, 1.82) is 0 Å². The highest BCUT2D eigenvalue weighted by Crippen LogP contribution is 2.42. The zero-order chi connectivity index (χ0) is 19.8. The van der Waals surface area contributed by atoms with Gasteiger partial charge >= 0.3 is 6.18 Å². The number of halogens is 4. The van der Waals surface area contributed by atoms with Crippen LogP contribution in [0.25, 0.3) is 5.69 Å². The first-order valence-electron chi connectivity index (χ1n) is 8.86. The fourth-order valence-electron chi connectivity index (χ4n) is 3.66. The Bertz CT molecular complexity index is 869. The van der Waals surface area contributed by atoms with E-state index in [0.717, 1.165) is 0 Å². The zero-order valence-electron chi connectivity index (χ0n) is 15.1. The molecule has 4 nitrogen and oxygen atoms in total. The highest BCUT2D eigenvalue weighted by atomic mass is 35.5. The average Bonchev–Trinajstić information content (AvgIpc) is 2.64. The van der Waals surface area contributed by atoms with Gasteiger partial charge in [-0.2, -0.15) is 13.2 Å². The molecule has 1 aromatic carbocycles. The Hall–Kier alpha value is -2.02. The number of hydrogen-bond donors (Lipinski definition) is 1. The lowest BCUT2D eigenvalue weighted by Crippen LogP contribution is -2.32. The van der Waals surface area contributed by atoms with Crippen molar-refractivity contribution >= 4 is 17.4 Å². The van der Waals surface area contributed by atoms with Gasteiger partial charge in [0.15, 0.2) is 0 Å². The minimum absolute atomic E-state index is 0.0490. The van der Waals surface area contributed by atoms with Gasteiger partial charge < -0.3 is 5.32 Å². The lowest BCUT2D eigenvalue weighted by atomic mass is 9.81. The molecule has 0 radical (unpaired) electrons. The summed E-state index contributed by atoms with van der Waals surface area (Å²) in [6, 6.07) is 6.79. The zero-order valence-corrected chi connectivity index (χ0v) is 15.9. The van der Waals surface area contributed by atoms with Crippen molar-refractivity contribution in [2.45, 2.75) is 44.7 Å². The molecule has 0 amide bonds. The second-order valence-corrected chi connectivity index (χ2v) is 7.34. The molecule has 0 bridgehead atoms. The minimum atomic E-state index is -4.17. The van der Waals surface area contributed by atoms with Crippen LogP contribution in [0.2, 0.25) is 5.02 Å². The van der Waals surface area contributed by atoms with E-state index in [1.54, 1.807) is 38.2 Å². The maximum absolute atomic E-state index is 13.0. The van der Waals surface area contributed by atoms with Crippen LogP contribution in [-0.2, 0) is 0 Å². The van der Waals surface area contributed by atoms with E-state index in [4.69, 9.17) is 11.6 Å². The first kappa shape index (κ1) is 19.7. The van der Waals surface area contributed by atoms with Gasteiger partial charge in [-0.05, 0) is 56.9 Å². The number of nitrogens with one attached hydrogen (secondary N) is 1. The predicted molar refractivity (Wildman–Crippen MR) is 99.9 cm³/mol. The van der Waals surface area contributed by atoms with Gasteiger partial charge in [-0.1, -0.05) is 11.6 Å². The summed E-state index contributed by atoms with van der Waals surface area (Å²) in [6.45, 7) is 1.68. The molecule has 1 aromatic heterocycles. The number of aromatic nitrogens is 2. The lowest BCUT2D eigenvalue weighted by Gasteiger charge is -2.31. The van der Waals surface area contributed by atoms with Gasteiger partial charge in [0.05, 0.1) is 17.2 Å². The van der Waals surface area contributed by atoms with E-state index in [2.05, 4.69) is 10.3 Å². The highest BCUT2D eigenvalue weighted by Gasteiger charge is 2.42. The Morgan fingerprint density at radius 3 is 2.26 bits per heavy atom. The van der Waals surface area contributed by atoms with Crippen molar-refractivity contribution in [1.82, 2.24) is 9.55 Å². The van der Waals surface area contributed by atoms with E-state index in [0.29, 0.717) is 40.8 Å². The maximum Gasteiger partial charge on any atom is 0.391 e. The number of nitrogens with zero attached hydrogens (tertiary/aromatic N) is 2. The van der Waals surface area contributed by atoms with Crippen LogP contribution >= 0.6 is 11.6 Å².